The molecule has 1 heteroatoms. The summed E-state index contributed by atoms with van der Waals surface area (Å²) in [6.07, 6.45) is 9.35. The molecule has 2 rings (SSSR count). The Morgan fingerprint density at radius 1 is 1.10 bits per heavy atom. The van der Waals surface area contributed by atoms with Gasteiger partial charge in [-0.05, 0) is 37.8 Å². The van der Waals surface area contributed by atoms with Gasteiger partial charge in [0.25, 0.3) is 0 Å². The molecule has 0 radical (unpaired) electrons. The highest BCUT2D eigenvalue weighted by Gasteiger charge is 2.33. The maximum Gasteiger partial charge on any atom is 0.0400 e. The van der Waals surface area contributed by atoms with Crippen LogP contribution < -0.4 is 4.90 Å². The Balaban J connectivity index is 0.000000956. The van der Waals surface area contributed by atoms with Crippen LogP contribution in [0.2, 0.25) is 0 Å². The van der Waals surface area contributed by atoms with Crippen LogP contribution in [0.4, 0.5) is 5.69 Å². The number of hydrogen-bond donors (Lipinski definition) is 0. The average molecular weight is 275 g/mol. The number of anilines is 1. The molecular formula is C19H33N. The maximum absolute atomic E-state index is 2.53. The third kappa shape index (κ3) is 4.01. The van der Waals surface area contributed by atoms with Crippen LogP contribution in [0.5, 0.6) is 0 Å². The summed E-state index contributed by atoms with van der Waals surface area (Å²) >= 11 is 0. The van der Waals surface area contributed by atoms with E-state index in [4.69, 9.17) is 0 Å². The lowest BCUT2D eigenvalue weighted by Gasteiger charge is -2.45. The number of nitrogens with zero attached hydrogens (tertiary/aromatic N) is 1. The van der Waals surface area contributed by atoms with Gasteiger partial charge in [-0.25, -0.2) is 0 Å². The second kappa shape index (κ2) is 8.34. The lowest BCUT2D eigenvalue weighted by Crippen LogP contribution is -2.47. The molecule has 1 nitrogen and oxygen atoms in total. The molecule has 1 atom stereocenters. The highest BCUT2D eigenvalue weighted by atomic mass is 15.2. The molecule has 0 aromatic heterocycles. The molecule has 1 aliphatic rings. The summed E-state index contributed by atoms with van der Waals surface area (Å²) in [6, 6.07) is 8.88. The summed E-state index contributed by atoms with van der Waals surface area (Å²) in [6.45, 7) is 8.72. The van der Waals surface area contributed by atoms with E-state index in [1.807, 2.05) is 13.8 Å². The lowest BCUT2D eigenvalue weighted by molar-refractivity contribution is 0.352. The second-order valence-corrected chi connectivity index (χ2v) is 6.00. The molecule has 0 bridgehead atoms. The predicted octanol–water partition coefficient (Wildman–Crippen LogP) is 5.82. The van der Waals surface area contributed by atoms with Gasteiger partial charge in [-0.3, -0.25) is 0 Å². The third-order valence-corrected chi connectivity index (χ3v) is 4.66. The molecule has 0 amide bonds. The molecule has 1 heterocycles. The van der Waals surface area contributed by atoms with Crippen molar-refractivity contribution in [3.63, 3.8) is 0 Å². The van der Waals surface area contributed by atoms with E-state index in [-0.39, 0.29) is 0 Å². The molecule has 0 saturated carbocycles. The maximum atomic E-state index is 2.53. The summed E-state index contributed by atoms with van der Waals surface area (Å²) in [5.41, 5.74) is 3.33. The van der Waals surface area contributed by atoms with Gasteiger partial charge in [-0.1, -0.05) is 64.7 Å². The standard InChI is InChI=1S/C17H27N.C2H6/c1-4-5-6-9-13-17(2)14-12-15-10-7-8-11-16(15)18(17)3;1-2/h7-8,10-11H,4-6,9,12-14H2,1-3H3;1-2H3. The van der Waals surface area contributed by atoms with Crippen molar-refractivity contribution in [1.29, 1.82) is 0 Å². The Bertz CT molecular complexity index is 385. The SMILES string of the molecule is CC.CCCCCCC1(C)CCc2ccccc2N1C. The third-order valence-electron chi connectivity index (χ3n) is 4.66. The van der Waals surface area contributed by atoms with Crippen LogP contribution >= 0.6 is 0 Å². The molecule has 1 unspecified atom stereocenters. The molecule has 0 saturated heterocycles. The first-order valence-corrected chi connectivity index (χ1v) is 8.49. The van der Waals surface area contributed by atoms with Crippen LogP contribution in [-0.4, -0.2) is 12.6 Å². The molecule has 0 spiro atoms. The van der Waals surface area contributed by atoms with E-state index in [0.29, 0.717) is 5.54 Å². The van der Waals surface area contributed by atoms with Gasteiger partial charge in [0.1, 0.15) is 0 Å². The zero-order valence-electron chi connectivity index (χ0n) is 14.2. The van der Waals surface area contributed by atoms with E-state index in [1.54, 1.807) is 0 Å². The van der Waals surface area contributed by atoms with Gasteiger partial charge in [0.2, 0.25) is 0 Å². The molecule has 0 fully saturated rings. The van der Waals surface area contributed by atoms with Crippen molar-refractivity contribution < 1.29 is 0 Å². The van der Waals surface area contributed by atoms with Gasteiger partial charge in [0.15, 0.2) is 0 Å². The summed E-state index contributed by atoms with van der Waals surface area (Å²) in [5, 5.41) is 0. The minimum Gasteiger partial charge on any atom is -0.369 e. The van der Waals surface area contributed by atoms with Crippen LogP contribution in [0.3, 0.4) is 0 Å². The topological polar surface area (TPSA) is 3.24 Å². The van der Waals surface area contributed by atoms with E-state index < -0.39 is 0 Å². The number of aryl methyl sites for hydroxylation is 1. The van der Waals surface area contributed by atoms with Crippen LogP contribution in [-0.2, 0) is 6.42 Å². The first-order valence-electron chi connectivity index (χ1n) is 8.49. The number of hydrogen-bond acceptors (Lipinski definition) is 1. The van der Waals surface area contributed by atoms with Gasteiger partial charge < -0.3 is 4.90 Å². The Kier molecular flexibility index (Phi) is 7.12. The quantitative estimate of drug-likeness (QED) is 0.612. The van der Waals surface area contributed by atoms with Crippen LogP contribution in [0, 0.1) is 0 Å². The van der Waals surface area contributed by atoms with E-state index >= 15 is 0 Å². The van der Waals surface area contributed by atoms with Crippen LogP contribution in [0.1, 0.15) is 71.8 Å². The fraction of sp³-hybridized carbons (Fsp3) is 0.684. The van der Waals surface area contributed by atoms with E-state index in [0.717, 1.165) is 0 Å². The van der Waals surface area contributed by atoms with Crippen molar-refractivity contribution in [3.05, 3.63) is 29.8 Å². The van der Waals surface area contributed by atoms with Crippen LogP contribution in [0.25, 0.3) is 0 Å². The first kappa shape index (κ1) is 17.1. The zero-order valence-corrected chi connectivity index (χ0v) is 14.2. The largest absolute Gasteiger partial charge is 0.369 e. The van der Waals surface area contributed by atoms with Crippen molar-refractivity contribution >= 4 is 5.69 Å². The van der Waals surface area contributed by atoms with Gasteiger partial charge in [-0.2, -0.15) is 0 Å². The summed E-state index contributed by atoms with van der Waals surface area (Å²) in [4.78, 5) is 2.53. The zero-order chi connectivity index (χ0) is 15.0. The summed E-state index contributed by atoms with van der Waals surface area (Å²) < 4.78 is 0. The average Bonchev–Trinajstić information content (AvgIpc) is 2.50. The monoisotopic (exact) mass is 275 g/mol. The van der Waals surface area contributed by atoms with Gasteiger partial charge in [-0.15, -0.1) is 0 Å². The van der Waals surface area contributed by atoms with E-state index in [1.165, 1.54) is 56.2 Å². The molecule has 20 heavy (non-hydrogen) atoms. The highest BCUT2D eigenvalue weighted by Crippen LogP contribution is 2.38. The smallest absolute Gasteiger partial charge is 0.0400 e. The van der Waals surface area contributed by atoms with E-state index in [2.05, 4.69) is 50.1 Å². The number of para-hydroxylation sites is 1. The minimum atomic E-state index is 0.363. The number of benzene rings is 1. The Labute approximate surface area is 126 Å². The molecule has 0 N–H and O–H groups in total. The Morgan fingerprint density at radius 2 is 1.80 bits per heavy atom. The van der Waals surface area contributed by atoms with Gasteiger partial charge in [0, 0.05) is 18.3 Å². The second-order valence-electron chi connectivity index (χ2n) is 6.00. The first-order chi connectivity index (χ1) is 9.67. The molecule has 1 aromatic rings. The van der Waals surface area contributed by atoms with Crippen molar-refractivity contribution in [2.75, 3.05) is 11.9 Å². The fourth-order valence-electron chi connectivity index (χ4n) is 3.14. The highest BCUT2D eigenvalue weighted by molar-refractivity contribution is 5.57. The summed E-state index contributed by atoms with van der Waals surface area (Å²) in [7, 11) is 2.28. The molecular weight excluding hydrogens is 242 g/mol. The number of unbranched alkanes of at least 4 members (excludes halogenated alkanes) is 3. The Morgan fingerprint density at radius 3 is 2.50 bits per heavy atom. The van der Waals surface area contributed by atoms with E-state index in [9.17, 15) is 0 Å². The van der Waals surface area contributed by atoms with Crippen molar-refractivity contribution in [1.82, 2.24) is 0 Å². The van der Waals surface area contributed by atoms with Gasteiger partial charge in [0.05, 0.1) is 0 Å². The van der Waals surface area contributed by atoms with Gasteiger partial charge >= 0.3 is 0 Å². The van der Waals surface area contributed by atoms with Crippen LogP contribution in [0.15, 0.2) is 24.3 Å². The summed E-state index contributed by atoms with van der Waals surface area (Å²) in [5.74, 6) is 0. The lowest BCUT2D eigenvalue weighted by atomic mass is 9.82. The van der Waals surface area contributed by atoms with Crippen molar-refractivity contribution in [2.24, 2.45) is 0 Å². The molecule has 0 aliphatic carbocycles. The number of rotatable bonds is 5. The predicted molar refractivity (Wildman–Crippen MR) is 91.7 cm³/mol. The Hall–Kier alpha value is -0.980. The normalized spacial score (nSPS) is 20.9. The molecule has 1 aliphatic heterocycles. The molecule has 1 aromatic carbocycles. The minimum absolute atomic E-state index is 0.363. The number of fused-ring (bicyclic) bond motifs is 1. The molecule has 114 valence electrons. The fourth-order valence-corrected chi connectivity index (χ4v) is 3.14. The van der Waals surface area contributed by atoms with Crippen molar-refractivity contribution in [3.8, 4) is 0 Å². The van der Waals surface area contributed by atoms with Crippen molar-refractivity contribution in [2.45, 2.75) is 78.2 Å².